The van der Waals surface area contributed by atoms with Crippen LogP contribution in [-0.4, -0.2) is 32.4 Å². The minimum absolute atomic E-state index is 0. The predicted octanol–water partition coefficient (Wildman–Crippen LogP) is 15.0. The van der Waals surface area contributed by atoms with Crippen LogP contribution in [0.15, 0.2) is 146 Å². The Morgan fingerprint density at radius 3 is 2.06 bits per heavy atom. The van der Waals surface area contributed by atoms with Crippen LogP contribution in [0.25, 0.3) is 83.1 Å². The first-order valence-electron chi connectivity index (χ1n) is 24.7. The molecule has 10 aromatic rings. The second kappa shape index (κ2) is 18.4. The van der Waals surface area contributed by atoms with Crippen LogP contribution in [0.2, 0.25) is 17.3 Å². The van der Waals surface area contributed by atoms with E-state index in [0.29, 0.717) is 16.8 Å². The fourth-order valence-electron chi connectivity index (χ4n) is 9.08. The Morgan fingerprint density at radius 1 is 0.692 bits per heavy atom. The van der Waals surface area contributed by atoms with Gasteiger partial charge in [-0.05, 0) is 83.6 Å². The van der Waals surface area contributed by atoms with E-state index in [1.54, 1.807) is 12.1 Å². The van der Waals surface area contributed by atoms with Gasteiger partial charge >= 0.3 is 145 Å². The second-order valence-corrected chi connectivity index (χ2v) is 29.5. The molecule has 0 N–H and O–H groups in total. The number of pyridine rings is 1. The van der Waals surface area contributed by atoms with E-state index in [1.807, 2.05) is 33.0 Å². The van der Waals surface area contributed by atoms with Crippen molar-refractivity contribution in [2.45, 2.75) is 78.6 Å². The van der Waals surface area contributed by atoms with Crippen LogP contribution >= 0.6 is 0 Å². The molecule has 1 radical (unpaired) electrons. The SMILES string of the molecule is CCn1c2c[c-]c(-c3nc4c5ccccc5ccc4n3-c3c(C)cc(-c4ccccc4)cc3C)cc2c2ccccc21.[2H]C([2H])([2H])c1c[c-]c(-c2cc(C([2H])([2H])C(C)(C)C)[c]([Ge]([CH3])([CH3])[CH3])cn2)cc1.[Ir]. The van der Waals surface area contributed by atoms with E-state index in [9.17, 15) is 0 Å². The third-order valence-corrected chi connectivity index (χ3v) is 16.2. The molecule has 7 aromatic carbocycles. The van der Waals surface area contributed by atoms with E-state index in [0.717, 1.165) is 38.7 Å². The Balaban J connectivity index is 0.000000205. The van der Waals surface area contributed by atoms with Crippen LogP contribution in [-0.2, 0) is 33.0 Å². The second-order valence-electron chi connectivity index (χ2n) is 18.9. The quantitative estimate of drug-likeness (QED) is 0.118. The zero-order valence-corrected chi connectivity index (χ0v) is 43.2. The summed E-state index contributed by atoms with van der Waals surface area (Å²) in [6.45, 7) is 11.1. The monoisotopic (exact) mass is 1090 g/mol. The van der Waals surface area contributed by atoms with Crippen molar-refractivity contribution in [1.29, 1.82) is 0 Å². The summed E-state index contributed by atoms with van der Waals surface area (Å²) in [6, 6.07) is 54.5. The maximum atomic E-state index is 8.80. The molecular formula is C59H58GeIrN4-2. The van der Waals surface area contributed by atoms with Gasteiger partial charge in [-0.3, -0.25) is 4.98 Å². The third-order valence-electron chi connectivity index (χ3n) is 11.9. The molecule has 0 saturated carbocycles. The Bertz CT molecular complexity index is 3520. The van der Waals surface area contributed by atoms with E-state index in [4.69, 9.17) is 11.8 Å². The first-order valence-corrected chi connectivity index (χ1v) is 29.6. The topological polar surface area (TPSA) is 35.6 Å². The van der Waals surface area contributed by atoms with Gasteiger partial charge in [0.2, 0.25) is 0 Å². The molecular weight excluding hydrogens is 1030 g/mol. The summed E-state index contributed by atoms with van der Waals surface area (Å²) in [4.78, 5) is 9.96. The maximum absolute atomic E-state index is 8.80. The number of imidazole rings is 1. The molecule has 65 heavy (non-hydrogen) atoms. The zero-order valence-electron chi connectivity index (χ0n) is 43.7. The van der Waals surface area contributed by atoms with E-state index in [2.05, 4.69) is 180 Å². The zero-order chi connectivity index (χ0) is 49.2. The van der Waals surface area contributed by atoms with Crippen molar-refractivity contribution in [3.63, 3.8) is 0 Å². The van der Waals surface area contributed by atoms with E-state index >= 15 is 0 Å². The minimum Gasteiger partial charge on any atom is 0 e. The van der Waals surface area contributed by atoms with E-state index < -0.39 is 31.9 Å². The third kappa shape index (κ3) is 9.17. The molecule has 0 aliphatic heterocycles. The summed E-state index contributed by atoms with van der Waals surface area (Å²) in [7, 11) is 0. The molecule has 0 aliphatic carbocycles. The number of aryl methyl sites for hydroxylation is 4. The molecule has 10 rings (SSSR count). The molecule has 3 heterocycles. The molecule has 0 aliphatic rings. The van der Waals surface area contributed by atoms with Gasteiger partial charge in [0.15, 0.2) is 0 Å². The maximum Gasteiger partial charge on any atom is 0 e. The van der Waals surface area contributed by atoms with Gasteiger partial charge in [-0.25, -0.2) is 0 Å². The van der Waals surface area contributed by atoms with Gasteiger partial charge in [-0.15, -0.1) is 23.8 Å². The minimum atomic E-state index is -2.36. The number of nitrogens with zero attached hydrogens (tertiary/aromatic N) is 4. The van der Waals surface area contributed by atoms with Gasteiger partial charge in [0, 0.05) is 43.2 Å². The average Bonchev–Trinajstić information content (AvgIpc) is 3.86. The number of fused-ring (bicyclic) bond motifs is 6. The Hall–Kier alpha value is -5.59. The fourth-order valence-corrected chi connectivity index (χ4v) is 12.0. The molecule has 0 amide bonds. The van der Waals surface area contributed by atoms with E-state index in [-0.39, 0.29) is 25.7 Å². The Labute approximate surface area is 408 Å². The number of benzene rings is 7. The van der Waals surface area contributed by atoms with Crippen molar-refractivity contribution < 1.29 is 27.0 Å². The van der Waals surface area contributed by atoms with Crippen molar-refractivity contribution in [3.05, 3.63) is 180 Å². The molecule has 0 saturated heterocycles. The number of hydrogen-bond acceptors (Lipinski definition) is 2. The summed E-state index contributed by atoms with van der Waals surface area (Å²) in [5, 5.41) is 4.85. The largest absolute Gasteiger partial charge is 0 e. The molecule has 0 spiro atoms. The number of para-hydroxylation sites is 1. The molecule has 0 atom stereocenters. The van der Waals surface area contributed by atoms with Gasteiger partial charge in [0.1, 0.15) is 0 Å². The molecule has 6 heteroatoms. The fraction of sp³-hybridized carbons (Fsp3) is 0.220. The van der Waals surface area contributed by atoms with Crippen LogP contribution in [0.3, 0.4) is 0 Å². The summed E-state index contributed by atoms with van der Waals surface area (Å²) in [5.41, 5.74) is 13.3. The van der Waals surface area contributed by atoms with Crippen molar-refractivity contribution in [1.82, 2.24) is 19.1 Å². The van der Waals surface area contributed by atoms with Crippen LogP contribution in [0, 0.1) is 38.2 Å². The van der Waals surface area contributed by atoms with Crippen LogP contribution in [0.4, 0.5) is 0 Å². The van der Waals surface area contributed by atoms with Gasteiger partial charge in [-0.2, -0.15) is 0 Å². The molecule has 0 bridgehead atoms. The normalized spacial score (nSPS) is 13.4. The number of rotatable bonds is 7. The summed E-state index contributed by atoms with van der Waals surface area (Å²) in [6.07, 6.45) is 0.303. The first-order chi connectivity index (χ1) is 32.7. The summed E-state index contributed by atoms with van der Waals surface area (Å²) < 4.78 is 45.8. The smallest absolute Gasteiger partial charge is 0 e. The number of aromatic nitrogens is 4. The van der Waals surface area contributed by atoms with Crippen molar-refractivity contribution in [2.75, 3.05) is 0 Å². The van der Waals surface area contributed by atoms with Crippen LogP contribution in [0.1, 0.15) is 56.8 Å². The molecule has 3 aromatic heterocycles. The van der Waals surface area contributed by atoms with Crippen molar-refractivity contribution in [2.24, 2.45) is 5.41 Å². The first kappa shape index (κ1) is 39.8. The average molecular weight is 1090 g/mol. The van der Waals surface area contributed by atoms with Gasteiger partial charge < -0.3 is 9.13 Å². The van der Waals surface area contributed by atoms with E-state index in [1.165, 1.54) is 61.2 Å². The molecule has 0 unspecified atom stereocenters. The molecule has 0 fully saturated rings. The van der Waals surface area contributed by atoms with Crippen LogP contribution in [0.5, 0.6) is 0 Å². The van der Waals surface area contributed by atoms with Crippen LogP contribution < -0.4 is 4.40 Å². The molecule has 329 valence electrons. The number of hydrogen-bond donors (Lipinski definition) is 0. The summed E-state index contributed by atoms with van der Waals surface area (Å²) >= 11 is -2.36. The Morgan fingerprint density at radius 2 is 1.38 bits per heavy atom. The van der Waals surface area contributed by atoms with Gasteiger partial charge in [-0.1, -0.05) is 84.2 Å². The van der Waals surface area contributed by atoms with Gasteiger partial charge in [0.05, 0.1) is 16.9 Å². The van der Waals surface area contributed by atoms with Gasteiger partial charge in [0.25, 0.3) is 0 Å². The molecule has 4 nitrogen and oxygen atoms in total. The summed E-state index contributed by atoms with van der Waals surface area (Å²) in [5.74, 6) is 7.61. The standard InChI is InChI=1S/C39H30N3.C20H28GeN.Ir/c1-4-41-34-17-11-10-16-32(34)33-24-29(19-20-35(33)41)39-40-37-31-15-9-8-14-28(31)18-21-36(37)42(39)38-25(2)22-30(23-26(38)3)27-12-6-5-7-13-27;1-15-8-10-16(11-9-15)19-12-17(13-20(2,3)4)18(14-22-19)21(5,6)7;/h5-18,20-24H,4H2,1-3H3;8-10,12,14H,13H2,1-7H3;/q2*-1;/i;1D3,13D2;. The van der Waals surface area contributed by atoms with Crippen molar-refractivity contribution >= 4 is 61.3 Å². The van der Waals surface area contributed by atoms with Crippen molar-refractivity contribution in [3.8, 4) is 39.5 Å². The Kier molecular flexibility index (Phi) is 11.2. The predicted molar refractivity (Wildman–Crippen MR) is 276 cm³/mol.